The monoisotopic (exact) mass is 674 g/mol. The van der Waals surface area contributed by atoms with Crippen LogP contribution in [0.5, 0.6) is 0 Å². The van der Waals surface area contributed by atoms with Gasteiger partial charge in [-0.3, -0.25) is 4.98 Å². The van der Waals surface area contributed by atoms with Gasteiger partial charge < -0.3 is 4.42 Å². The first-order valence-corrected chi connectivity index (χ1v) is 18.0. The van der Waals surface area contributed by atoms with E-state index in [0.29, 0.717) is 0 Å². The Balaban J connectivity index is 0.911. The Bertz CT molecular complexity index is 3190. The zero-order valence-electron chi connectivity index (χ0n) is 28.6. The van der Waals surface area contributed by atoms with Gasteiger partial charge in [-0.1, -0.05) is 152 Å². The molecule has 0 aliphatic carbocycles. The number of hydrogen-bond donors (Lipinski definition) is 0. The molecule has 0 fully saturated rings. The molecule has 11 rings (SSSR count). The molecule has 2 heterocycles. The summed E-state index contributed by atoms with van der Waals surface area (Å²) in [6.07, 6.45) is 1.91. The molecular weight excluding hydrogens is 645 g/mol. The van der Waals surface area contributed by atoms with Crippen molar-refractivity contribution in [2.45, 2.75) is 0 Å². The van der Waals surface area contributed by atoms with E-state index in [4.69, 9.17) is 14.4 Å². The summed E-state index contributed by atoms with van der Waals surface area (Å²) in [5, 5.41) is 9.35. The van der Waals surface area contributed by atoms with E-state index in [1.54, 1.807) is 0 Å². The zero-order valence-corrected chi connectivity index (χ0v) is 28.6. The molecule has 3 nitrogen and oxygen atoms in total. The van der Waals surface area contributed by atoms with Crippen LogP contribution >= 0.6 is 0 Å². The number of hydrogen-bond acceptors (Lipinski definition) is 3. The van der Waals surface area contributed by atoms with Gasteiger partial charge in [-0.15, -0.1) is 0 Å². The van der Waals surface area contributed by atoms with Gasteiger partial charge in [0.1, 0.15) is 11.2 Å². The molecule has 9 aromatic carbocycles. The molecule has 0 atom stereocenters. The number of benzene rings is 9. The highest BCUT2D eigenvalue weighted by Gasteiger charge is 2.14. The molecule has 0 aliphatic rings. The Morgan fingerprint density at radius 2 is 0.906 bits per heavy atom. The second-order valence-electron chi connectivity index (χ2n) is 13.8. The smallest absolute Gasteiger partial charge is 0.143 e. The van der Waals surface area contributed by atoms with E-state index in [1.807, 2.05) is 18.3 Å². The van der Waals surface area contributed by atoms with Gasteiger partial charge in [0.05, 0.1) is 22.9 Å². The summed E-state index contributed by atoms with van der Waals surface area (Å²) < 4.78 is 6.31. The van der Waals surface area contributed by atoms with Crippen LogP contribution in [0.25, 0.3) is 110 Å². The second-order valence-corrected chi connectivity index (χ2v) is 13.8. The van der Waals surface area contributed by atoms with Gasteiger partial charge >= 0.3 is 0 Å². The van der Waals surface area contributed by atoms with Crippen LogP contribution in [0.15, 0.2) is 187 Å². The summed E-state index contributed by atoms with van der Waals surface area (Å²) in [6.45, 7) is 0. The molecule has 0 amide bonds. The average Bonchev–Trinajstić information content (AvgIpc) is 3.62. The zero-order chi connectivity index (χ0) is 34.9. The summed E-state index contributed by atoms with van der Waals surface area (Å²) in [4.78, 5) is 10.2. The van der Waals surface area contributed by atoms with Crippen molar-refractivity contribution in [2.75, 3.05) is 0 Å². The largest absolute Gasteiger partial charge is 0.455 e. The highest BCUT2D eigenvalue weighted by atomic mass is 16.3. The minimum absolute atomic E-state index is 0.866. The van der Waals surface area contributed by atoms with Gasteiger partial charge in [-0.2, -0.15) is 0 Å². The van der Waals surface area contributed by atoms with Crippen molar-refractivity contribution in [3.63, 3.8) is 0 Å². The Morgan fingerprint density at radius 3 is 1.66 bits per heavy atom. The van der Waals surface area contributed by atoms with E-state index in [-0.39, 0.29) is 0 Å². The fourth-order valence-corrected chi connectivity index (χ4v) is 8.04. The van der Waals surface area contributed by atoms with E-state index in [0.717, 1.165) is 71.7 Å². The standard InChI is InChI=1S/C50H30N2O/c1-3-14-43-40(11-1)41-12-2-4-15-44(41)49-48(43)51-30-46(52-49)38-10-7-9-33(29-38)35-25-26-36-27-34(23-24-37(36)28-35)31-19-21-32(22-20-31)39-16-8-17-45-42-13-5-6-18-47(42)53-50(39)45/h1-30H. The number of aromatic nitrogens is 2. The molecule has 246 valence electrons. The van der Waals surface area contributed by atoms with Gasteiger partial charge in [0.2, 0.25) is 0 Å². The first-order valence-electron chi connectivity index (χ1n) is 18.0. The van der Waals surface area contributed by atoms with Crippen molar-refractivity contribution < 1.29 is 4.42 Å². The molecular formula is C50H30N2O. The quantitative estimate of drug-likeness (QED) is 0.174. The Hall–Kier alpha value is -7.10. The molecule has 0 aliphatic heterocycles. The van der Waals surface area contributed by atoms with Crippen LogP contribution in [-0.2, 0) is 0 Å². The molecule has 0 saturated carbocycles. The van der Waals surface area contributed by atoms with Crippen LogP contribution in [0.3, 0.4) is 0 Å². The maximum Gasteiger partial charge on any atom is 0.143 e. The highest BCUT2D eigenvalue weighted by molar-refractivity contribution is 6.23. The van der Waals surface area contributed by atoms with Crippen LogP contribution in [0.1, 0.15) is 0 Å². The lowest BCUT2D eigenvalue weighted by molar-refractivity contribution is 0.670. The van der Waals surface area contributed by atoms with E-state index in [2.05, 4.69) is 164 Å². The molecule has 0 N–H and O–H groups in total. The summed E-state index contributed by atoms with van der Waals surface area (Å²) >= 11 is 0. The number of rotatable bonds is 4. The molecule has 11 aromatic rings. The third kappa shape index (κ3) is 4.82. The minimum atomic E-state index is 0.866. The molecule has 0 spiro atoms. The van der Waals surface area contributed by atoms with Crippen LogP contribution in [0, 0.1) is 0 Å². The minimum Gasteiger partial charge on any atom is -0.455 e. The molecule has 0 radical (unpaired) electrons. The van der Waals surface area contributed by atoms with Crippen molar-refractivity contribution >= 4 is 65.3 Å². The van der Waals surface area contributed by atoms with Crippen molar-refractivity contribution in [3.8, 4) is 44.6 Å². The normalized spacial score (nSPS) is 11.8. The van der Waals surface area contributed by atoms with Crippen molar-refractivity contribution in [1.29, 1.82) is 0 Å². The molecule has 3 heteroatoms. The number of para-hydroxylation sites is 2. The van der Waals surface area contributed by atoms with Crippen LogP contribution < -0.4 is 0 Å². The first kappa shape index (κ1) is 29.6. The van der Waals surface area contributed by atoms with Crippen LogP contribution in [-0.4, -0.2) is 9.97 Å². The predicted molar refractivity (Wildman–Crippen MR) is 221 cm³/mol. The fourth-order valence-electron chi connectivity index (χ4n) is 8.04. The van der Waals surface area contributed by atoms with E-state index >= 15 is 0 Å². The molecule has 0 unspecified atom stereocenters. The lowest BCUT2D eigenvalue weighted by Crippen LogP contribution is -1.92. The summed E-state index contributed by atoms with van der Waals surface area (Å²) in [7, 11) is 0. The highest BCUT2D eigenvalue weighted by Crippen LogP contribution is 2.38. The van der Waals surface area contributed by atoms with Crippen LogP contribution in [0.4, 0.5) is 0 Å². The Kier molecular flexibility index (Phi) is 6.55. The maximum absolute atomic E-state index is 6.31. The van der Waals surface area contributed by atoms with Gasteiger partial charge in [0.15, 0.2) is 0 Å². The van der Waals surface area contributed by atoms with E-state index in [1.165, 1.54) is 38.2 Å². The number of fused-ring (bicyclic) bond motifs is 10. The van der Waals surface area contributed by atoms with Gasteiger partial charge in [0.25, 0.3) is 0 Å². The third-order valence-electron chi connectivity index (χ3n) is 10.7. The van der Waals surface area contributed by atoms with Gasteiger partial charge in [0, 0.05) is 32.7 Å². The summed E-state index contributed by atoms with van der Waals surface area (Å²) in [5.41, 5.74) is 12.6. The Labute approximate surface area is 305 Å². The number of nitrogens with zero attached hydrogens (tertiary/aromatic N) is 2. The summed E-state index contributed by atoms with van der Waals surface area (Å²) in [6, 6.07) is 62.5. The third-order valence-corrected chi connectivity index (χ3v) is 10.7. The van der Waals surface area contributed by atoms with E-state index in [9.17, 15) is 0 Å². The number of furan rings is 1. The maximum atomic E-state index is 6.31. The van der Waals surface area contributed by atoms with E-state index < -0.39 is 0 Å². The molecule has 0 saturated heterocycles. The lowest BCUT2D eigenvalue weighted by atomic mass is 9.95. The Morgan fingerprint density at radius 1 is 0.358 bits per heavy atom. The van der Waals surface area contributed by atoms with Crippen molar-refractivity contribution in [1.82, 2.24) is 9.97 Å². The molecule has 2 aromatic heterocycles. The lowest BCUT2D eigenvalue weighted by Gasteiger charge is -2.11. The second kappa shape index (κ2) is 11.7. The first-order chi connectivity index (χ1) is 26.2. The molecule has 53 heavy (non-hydrogen) atoms. The average molecular weight is 675 g/mol. The fraction of sp³-hybridized carbons (Fsp3) is 0. The predicted octanol–water partition coefficient (Wildman–Crippen LogP) is 13.7. The van der Waals surface area contributed by atoms with Gasteiger partial charge in [-0.25, -0.2) is 4.98 Å². The topological polar surface area (TPSA) is 38.9 Å². The summed E-state index contributed by atoms with van der Waals surface area (Å²) in [5.74, 6) is 0. The van der Waals surface area contributed by atoms with Crippen molar-refractivity contribution in [3.05, 3.63) is 182 Å². The SMILES string of the molecule is c1cc(-c2ccc3cc(-c4ccc(-c5cccc6c5oc5ccccc56)cc4)ccc3c2)cc(-c2cnc3c4ccccc4c4ccccc4c3n2)c1. The van der Waals surface area contributed by atoms with Crippen molar-refractivity contribution in [2.24, 2.45) is 0 Å². The van der Waals surface area contributed by atoms with Crippen LogP contribution in [0.2, 0.25) is 0 Å². The van der Waals surface area contributed by atoms with Gasteiger partial charge in [-0.05, 0) is 73.6 Å². The molecule has 0 bridgehead atoms.